The van der Waals surface area contributed by atoms with E-state index in [2.05, 4.69) is 0 Å². The lowest BCUT2D eigenvalue weighted by molar-refractivity contribution is -0.0770. The summed E-state index contributed by atoms with van der Waals surface area (Å²) in [6, 6.07) is 0. The highest BCUT2D eigenvalue weighted by molar-refractivity contribution is 7.90. The fourth-order valence-electron chi connectivity index (χ4n) is 1.15. The molecule has 0 aliphatic carbocycles. The first-order valence-electron chi connectivity index (χ1n) is 4.62. The van der Waals surface area contributed by atoms with Gasteiger partial charge in [-0.2, -0.15) is 0 Å². The first kappa shape index (κ1) is 13.9. The van der Waals surface area contributed by atoms with Crippen LogP contribution in [-0.4, -0.2) is 44.3 Å². The Morgan fingerprint density at radius 2 is 2.00 bits per heavy atom. The minimum absolute atomic E-state index is 0.111. The molecule has 4 nitrogen and oxygen atoms in total. The number of hydrogen-bond acceptors (Lipinski definition) is 4. The normalized spacial score (nSPS) is 18.9. The fraction of sp³-hybridized carbons (Fsp3) is 1.00. The predicted molar refractivity (Wildman–Crippen MR) is 56.0 cm³/mol. The van der Waals surface area contributed by atoms with Gasteiger partial charge in [0, 0.05) is 19.1 Å². The molecule has 0 bridgehead atoms. The third-order valence-electron chi connectivity index (χ3n) is 2.43. The van der Waals surface area contributed by atoms with Crippen LogP contribution in [0.5, 0.6) is 0 Å². The number of sulfone groups is 1. The van der Waals surface area contributed by atoms with Gasteiger partial charge in [0.25, 0.3) is 0 Å². The van der Waals surface area contributed by atoms with Crippen LogP contribution in [0.15, 0.2) is 0 Å². The summed E-state index contributed by atoms with van der Waals surface area (Å²) in [5.41, 5.74) is -0.959. The first-order chi connectivity index (χ1) is 6.19. The summed E-state index contributed by atoms with van der Waals surface area (Å²) >= 11 is 0. The van der Waals surface area contributed by atoms with Gasteiger partial charge < -0.3 is 9.84 Å². The topological polar surface area (TPSA) is 63.6 Å². The Morgan fingerprint density at radius 1 is 1.50 bits per heavy atom. The van der Waals surface area contributed by atoms with E-state index in [-0.39, 0.29) is 11.9 Å². The van der Waals surface area contributed by atoms with Crippen molar-refractivity contribution in [3.05, 3.63) is 0 Å². The van der Waals surface area contributed by atoms with Crippen molar-refractivity contribution in [3.63, 3.8) is 0 Å². The Hall–Kier alpha value is -0.130. The van der Waals surface area contributed by atoms with Gasteiger partial charge in [-0.3, -0.25) is 0 Å². The molecule has 0 spiro atoms. The highest BCUT2D eigenvalue weighted by Gasteiger charge is 2.27. The second kappa shape index (κ2) is 5.09. The Labute approximate surface area is 86.2 Å². The molecule has 86 valence electrons. The van der Waals surface area contributed by atoms with Crippen molar-refractivity contribution in [2.75, 3.05) is 19.1 Å². The van der Waals surface area contributed by atoms with Gasteiger partial charge in [0.1, 0.15) is 9.84 Å². The highest BCUT2D eigenvalue weighted by atomic mass is 32.2. The average Bonchev–Trinajstić information content (AvgIpc) is 2.00. The minimum Gasteiger partial charge on any atom is -0.387 e. The fourth-order valence-corrected chi connectivity index (χ4v) is 1.82. The molecular formula is C9H20O4S. The lowest BCUT2D eigenvalue weighted by Gasteiger charge is -2.29. The summed E-state index contributed by atoms with van der Waals surface area (Å²) < 4.78 is 26.7. The van der Waals surface area contributed by atoms with E-state index in [1.807, 2.05) is 0 Å². The van der Waals surface area contributed by atoms with E-state index in [1.54, 1.807) is 13.8 Å². The Morgan fingerprint density at radius 3 is 2.36 bits per heavy atom. The zero-order chi connectivity index (χ0) is 11.4. The van der Waals surface area contributed by atoms with Crippen LogP contribution in [0.4, 0.5) is 0 Å². The molecular weight excluding hydrogens is 204 g/mol. The first-order valence-corrected chi connectivity index (χ1v) is 6.68. The van der Waals surface area contributed by atoms with Crippen molar-refractivity contribution >= 4 is 9.84 Å². The Balaban J connectivity index is 4.00. The van der Waals surface area contributed by atoms with E-state index in [9.17, 15) is 13.5 Å². The SMILES string of the molecule is COC(C)C(C)(O)CCCS(C)(=O)=O. The molecule has 0 saturated carbocycles. The van der Waals surface area contributed by atoms with Gasteiger partial charge >= 0.3 is 0 Å². The van der Waals surface area contributed by atoms with E-state index in [4.69, 9.17) is 4.74 Å². The maximum absolute atomic E-state index is 10.8. The largest absolute Gasteiger partial charge is 0.387 e. The van der Waals surface area contributed by atoms with Gasteiger partial charge in [-0.1, -0.05) is 0 Å². The molecule has 0 aromatic carbocycles. The lowest BCUT2D eigenvalue weighted by Crippen LogP contribution is -2.38. The summed E-state index contributed by atoms with van der Waals surface area (Å²) in [6.07, 6.45) is 1.79. The van der Waals surface area contributed by atoms with Gasteiger partial charge in [-0.05, 0) is 26.7 Å². The molecule has 2 unspecified atom stereocenters. The zero-order valence-corrected chi connectivity index (χ0v) is 10.1. The molecule has 2 atom stereocenters. The van der Waals surface area contributed by atoms with Crippen molar-refractivity contribution < 1.29 is 18.3 Å². The zero-order valence-electron chi connectivity index (χ0n) is 9.28. The number of hydrogen-bond donors (Lipinski definition) is 1. The van der Waals surface area contributed by atoms with Crippen molar-refractivity contribution in [1.29, 1.82) is 0 Å². The molecule has 0 amide bonds. The van der Waals surface area contributed by atoms with Crippen LogP contribution in [-0.2, 0) is 14.6 Å². The molecule has 0 aliphatic rings. The Bertz CT molecular complexity index is 256. The van der Waals surface area contributed by atoms with E-state index in [0.29, 0.717) is 12.8 Å². The van der Waals surface area contributed by atoms with E-state index < -0.39 is 15.4 Å². The molecule has 0 aliphatic heterocycles. The summed E-state index contributed by atoms with van der Waals surface area (Å²) in [4.78, 5) is 0. The van der Waals surface area contributed by atoms with Crippen LogP contribution in [0.3, 0.4) is 0 Å². The molecule has 14 heavy (non-hydrogen) atoms. The molecule has 0 heterocycles. The van der Waals surface area contributed by atoms with Crippen LogP contribution in [0.25, 0.3) is 0 Å². The molecule has 0 fully saturated rings. The van der Waals surface area contributed by atoms with E-state index in [1.165, 1.54) is 13.4 Å². The van der Waals surface area contributed by atoms with Crippen molar-refractivity contribution in [2.45, 2.75) is 38.4 Å². The maximum atomic E-state index is 10.8. The van der Waals surface area contributed by atoms with Crippen molar-refractivity contribution in [2.24, 2.45) is 0 Å². The quantitative estimate of drug-likeness (QED) is 0.717. The van der Waals surface area contributed by atoms with Gasteiger partial charge in [0.2, 0.25) is 0 Å². The van der Waals surface area contributed by atoms with Gasteiger partial charge in [0.15, 0.2) is 0 Å². The van der Waals surface area contributed by atoms with Crippen LogP contribution in [0.2, 0.25) is 0 Å². The van der Waals surface area contributed by atoms with Gasteiger partial charge in [0.05, 0.1) is 11.7 Å². The molecule has 1 N–H and O–H groups in total. The van der Waals surface area contributed by atoms with E-state index >= 15 is 0 Å². The number of rotatable bonds is 6. The Kier molecular flexibility index (Phi) is 5.05. The summed E-state index contributed by atoms with van der Waals surface area (Å²) in [5, 5.41) is 9.86. The van der Waals surface area contributed by atoms with Gasteiger partial charge in [-0.15, -0.1) is 0 Å². The molecule has 0 saturated heterocycles. The molecule has 0 aromatic rings. The standard InChI is InChI=1S/C9H20O4S/c1-8(13-3)9(2,10)6-5-7-14(4,11)12/h8,10H,5-7H2,1-4H3. The third-order valence-corrected chi connectivity index (χ3v) is 3.46. The number of methoxy groups -OCH3 is 1. The molecule has 0 radical (unpaired) electrons. The number of aliphatic hydroxyl groups is 1. The van der Waals surface area contributed by atoms with Crippen LogP contribution in [0.1, 0.15) is 26.7 Å². The maximum Gasteiger partial charge on any atom is 0.147 e. The van der Waals surface area contributed by atoms with Crippen LogP contribution in [0, 0.1) is 0 Å². The second-order valence-electron chi connectivity index (χ2n) is 3.97. The van der Waals surface area contributed by atoms with E-state index in [0.717, 1.165) is 0 Å². The van der Waals surface area contributed by atoms with Crippen LogP contribution >= 0.6 is 0 Å². The minimum atomic E-state index is -2.93. The smallest absolute Gasteiger partial charge is 0.147 e. The molecule has 0 rings (SSSR count). The third kappa shape index (κ3) is 5.57. The van der Waals surface area contributed by atoms with Gasteiger partial charge in [-0.25, -0.2) is 8.42 Å². The summed E-state index contributed by atoms with van der Waals surface area (Å²) in [6.45, 7) is 3.42. The second-order valence-corrected chi connectivity index (χ2v) is 6.23. The number of ether oxygens (including phenoxy) is 1. The monoisotopic (exact) mass is 224 g/mol. The summed E-state index contributed by atoms with van der Waals surface area (Å²) in [7, 11) is -1.41. The van der Waals surface area contributed by atoms with Crippen molar-refractivity contribution in [1.82, 2.24) is 0 Å². The average molecular weight is 224 g/mol. The lowest BCUT2D eigenvalue weighted by atomic mass is 9.95. The predicted octanol–water partition coefficient (Wildman–Crippen LogP) is 0.597. The molecule has 5 heteroatoms. The van der Waals surface area contributed by atoms with Crippen LogP contribution < -0.4 is 0 Å². The summed E-state index contributed by atoms with van der Waals surface area (Å²) in [5.74, 6) is 0.111. The highest BCUT2D eigenvalue weighted by Crippen LogP contribution is 2.19. The molecule has 0 aromatic heterocycles. The van der Waals surface area contributed by atoms with Crippen molar-refractivity contribution in [3.8, 4) is 0 Å².